The molecule has 0 spiro atoms. The van der Waals surface area contributed by atoms with Gasteiger partial charge in [-0.05, 0) is 30.7 Å². The van der Waals surface area contributed by atoms with Crippen LogP contribution in [0, 0.1) is 6.92 Å². The lowest BCUT2D eigenvalue weighted by molar-refractivity contribution is 0.355. The van der Waals surface area contributed by atoms with Crippen molar-refractivity contribution in [1.82, 2.24) is 0 Å². The third-order valence-electron chi connectivity index (χ3n) is 2.99. The summed E-state index contributed by atoms with van der Waals surface area (Å²) >= 11 is 0. The molecule has 4 nitrogen and oxygen atoms in total. The molecule has 2 aromatic rings. The van der Waals surface area contributed by atoms with Crippen molar-refractivity contribution in [1.29, 1.82) is 0 Å². The molecule has 104 valence electrons. The first kappa shape index (κ1) is 13.9. The lowest BCUT2D eigenvalue weighted by Crippen LogP contribution is -1.89. The molecule has 0 fully saturated rings. The third kappa shape index (κ3) is 2.91. The lowest BCUT2D eigenvalue weighted by atomic mass is 10.1. The van der Waals surface area contributed by atoms with E-state index in [4.69, 9.17) is 9.47 Å². The first-order chi connectivity index (χ1) is 9.65. The SMILES string of the molecule is COc1ccc(N=Cc2cccc(C)c2O)cc1OC. The number of para-hydroxylation sites is 1. The van der Waals surface area contributed by atoms with Crippen LogP contribution in [0.15, 0.2) is 41.4 Å². The molecule has 0 aromatic heterocycles. The maximum atomic E-state index is 9.92. The highest BCUT2D eigenvalue weighted by Crippen LogP contribution is 2.31. The Balaban J connectivity index is 2.29. The highest BCUT2D eigenvalue weighted by Gasteiger charge is 2.04. The third-order valence-corrected chi connectivity index (χ3v) is 2.99. The van der Waals surface area contributed by atoms with Gasteiger partial charge in [0, 0.05) is 17.8 Å². The average Bonchev–Trinajstić information content (AvgIpc) is 2.48. The molecule has 0 unspecified atom stereocenters. The molecule has 0 saturated heterocycles. The Labute approximate surface area is 118 Å². The zero-order chi connectivity index (χ0) is 14.5. The van der Waals surface area contributed by atoms with E-state index in [-0.39, 0.29) is 5.75 Å². The second-order valence-corrected chi connectivity index (χ2v) is 4.31. The first-order valence-electron chi connectivity index (χ1n) is 6.20. The van der Waals surface area contributed by atoms with E-state index in [1.54, 1.807) is 32.6 Å². The Hall–Kier alpha value is -2.49. The van der Waals surface area contributed by atoms with E-state index in [1.807, 2.05) is 31.2 Å². The molecule has 2 rings (SSSR count). The van der Waals surface area contributed by atoms with Crippen molar-refractivity contribution < 1.29 is 14.6 Å². The van der Waals surface area contributed by atoms with Gasteiger partial charge in [-0.2, -0.15) is 0 Å². The van der Waals surface area contributed by atoms with Crippen molar-refractivity contribution >= 4 is 11.9 Å². The smallest absolute Gasteiger partial charge is 0.162 e. The largest absolute Gasteiger partial charge is 0.507 e. The second kappa shape index (κ2) is 6.10. The molecule has 1 N–H and O–H groups in total. The molecule has 0 radical (unpaired) electrons. The Bertz CT molecular complexity index is 636. The Morgan fingerprint density at radius 2 is 1.80 bits per heavy atom. The van der Waals surface area contributed by atoms with Gasteiger partial charge < -0.3 is 14.6 Å². The summed E-state index contributed by atoms with van der Waals surface area (Å²) in [6.45, 7) is 1.85. The van der Waals surface area contributed by atoms with E-state index >= 15 is 0 Å². The summed E-state index contributed by atoms with van der Waals surface area (Å²) in [4.78, 5) is 4.34. The van der Waals surface area contributed by atoms with Crippen LogP contribution in [0.3, 0.4) is 0 Å². The maximum Gasteiger partial charge on any atom is 0.162 e. The second-order valence-electron chi connectivity index (χ2n) is 4.31. The van der Waals surface area contributed by atoms with Crippen molar-refractivity contribution in [2.75, 3.05) is 14.2 Å². The van der Waals surface area contributed by atoms with Crippen molar-refractivity contribution in [3.05, 3.63) is 47.5 Å². The fourth-order valence-electron chi connectivity index (χ4n) is 1.84. The summed E-state index contributed by atoms with van der Waals surface area (Å²) in [5.74, 6) is 1.53. The molecule has 2 aromatic carbocycles. The summed E-state index contributed by atoms with van der Waals surface area (Å²) in [6.07, 6.45) is 1.63. The molecular formula is C16H17NO3. The van der Waals surface area contributed by atoms with Crippen LogP contribution in [0.25, 0.3) is 0 Å². The average molecular weight is 271 g/mol. The van der Waals surface area contributed by atoms with Crippen LogP contribution in [0.4, 0.5) is 5.69 Å². The number of phenolic OH excluding ortho intramolecular Hbond substituents is 1. The molecule has 0 heterocycles. The number of hydrogen-bond acceptors (Lipinski definition) is 4. The van der Waals surface area contributed by atoms with Crippen LogP contribution in [0.5, 0.6) is 17.2 Å². The summed E-state index contributed by atoms with van der Waals surface area (Å²) in [6, 6.07) is 10.9. The fourth-order valence-corrected chi connectivity index (χ4v) is 1.84. The summed E-state index contributed by atoms with van der Waals surface area (Å²) < 4.78 is 10.4. The number of aliphatic imine (C=N–C) groups is 1. The molecule has 4 heteroatoms. The molecule has 0 aliphatic carbocycles. The van der Waals surface area contributed by atoms with Crippen LogP contribution in [0.1, 0.15) is 11.1 Å². The number of methoxy groups -OCH3 is 2. The minimum Gasteiger partial charge on any atom is -0.507 e. The van der Waals surface area contributed by atoms with E-state index in [2.05, 4.69) is 4.99 Å². The minimum atomic E-state index is 0.247. The van der Waals surface area contributed by atoms with Crippen molar-refractivity contribution in [3.63, 3.8) is 0 Å². The minimum absolute atomic E-state index is 0.247. The van der Waals surface area contributed by atoms with Gasteiger partial charge in [0.2, 0.25) is 0 Å². The summed E-state index contributed by atoms with van der Waals surface area (Å²) in [7, 11) is 3.17. The molecule has 0 aliphatic heterocycles. The Kier molecular flexibility index (Phi) is 4.25. The normalized spacial score (nSPS) is 10.8. The van der Waals surface area contributed by atoms with Crippen molar-refractivity contribution in [3.8, 4) is 17.2 Å². The quantitative estimate of drug-likeness (QED) is 0.866. The van der Waals surface area contributed by atoms with Crippen LogP contribution in [-0.2, 0) is 0 Å². The van der Waals surface area contributed by atoms with Crippen LogP contribution >= 0.6 is 0 Å². The molecule has 0 aliphatic rings. The van der Waals surface area contributed by atoms with Gasteiger partial charge in [0.25, 0.3) is 0 Å². The van der Waals surface area contributed by atoms with E-state index in [1.165, 1.54) is 0 Å². The Morgan fingerprint density at radius 1 is 1.05 bits per heavy atom. The standard InChI is InChI=1S/C16H17NO3/c1-11-5-4-6-12(16(11)18)10-17-13-7-8-14(19-2)15(9-13)20-3/h4-10,18H,1-3H3. The van der Waals surface area contributed by atoms with Crippen LogP contribution < -0.4 is 9.47 Å². The number of phenols is 1. The van der Waals surface area contributed by atoms with E-state index in [9.17, 15) is 5.11 Å². The summed E-state index contributed by atoms with van der Waals surface area (Å²) in [5, 5.41) is 9.92. The number of hydrogen-bond donors (Lipinski definition) is 1. The zero-order valence-electron chi connectivity index (χ0n) is 11.8. The maximum absolute atomic E-state index is 9.92. The fraction of sp³-hybridized carbons (Fsp3) is 0.188. The van der Waals surface area contributed by atoms with Gasteiger partial charge in [-0.15, -0.1) is 0 Å². The first-order valence-corrected chi connectivity index (χ1v) is 6.20. The van der Waals surface area contributed by atoms with Gasteiger partial charge >= 0.3 is 0 Å². The van der Waals surface area contributed by atoms with Gasteiger partial charge in [-0.3, -0.25) is 4.99 Å². The van der Waals surface area contributed by atoms with E-state index in [0.29, 0.717) is 17.1 Å². The van der Waals surface area contributed by atoms with Crippen molar-refractivity contribution in [2.45, 2.75) is 6.92 Å². The summed E-state index contributed by atoms with van der Waals surface area (Å²) in [5.41, 5.74) is 2.23. The van der Waals surface area contributed by atoms with Gasteiger partial charge in [-0.25, -0.2) is 0 Å². The van der Waals surface area contributed by atoms with Gasteiger partial charge in [0.05, 0.1) is 19.9 Å². The van der Waals surface area contributed by atoms with E-state index < -0.39 is 0 Å². The highest BCUT2D eigenvalue weighted by atomic mass is 16.5. The number of nitrogens with zero attached hydrogens (tertiary/aromatic N) is 1. The molecule has 0 atom stereocenters. The molecule has 0 bridgehead atoms. The van der Waals surface area contributed by atoms with Gasteiger partial charge in [0.1, 0.15) is 5.75 Å². The van der Waals surface area contributed by atoms with E-state index in [0.717, 1.165) is 11.3 Å². The molecule has 20 heavy (non-hydrogen) atoms. The Morgan fingerprint density at radius 3 is 2.50 bits per heavy atom. The zero-order valence-corrected chi connectivity index (χ0v) is 11.8. The molecule has 0 amide bonds. The van der Waals surface area contributed by atoms with Crippen molar-refractivity contribution in [2.24, 2.45) is 4.99 Å². The number of rotatable bonds is 4. The predicted molar refractivity (Wildman–Crippen MR) is 79.6 cm³/mol. The number of aromatic hydroxyl groups is 1. The topological polar surface area (TPSA) is 51.0 Å². The molecule has 0 saturated carbocycles. The number of ether oxygens (including phenoxy) is 2. The monoisotopic (exact) mass is 271 g/mol. The molecular weight excluding hydrogens is 254 g/mol. The highest BCUT2D eigenvalue weighted by molar-refractivity contribution is 5.86. The predicted octanol–water partition coefficient (Wildman–Crippen LogP) is 3.47. The number of aryl methyl sites for hydroxylation is 1. The van der Waals surface area contributed by atoms with Gasteiger partial charge in [0.15, 0.2) is 11.5 Å². The van der Waals surface area contributed by atoms with Crippen LogP contribution in [-0.4, -0.2) is 25.5 Å². The lowest BCUT2D eigenvalue weighted by Gasteiger charge is -2.07. The van der Waals surface area contributed by atoms with Crippen LogP contribution in [0.2, 0.25) is 0 Å². The van der Waals surface area contributed by atoms with Gasteiger partial charge in [-0.1, -0.05) is 12.1 Å². The number of benzene rings is 2.